The van der Waals surface area contributed by atoms with Gasteiger partial charge in [-0.1, -0.05) is 166 Å². The van der Waals surface area contributed by atoms with E-state index in [9.17, 15) is 43.5 Å². The highest BCUT2D eigenvalue weighted by atomic mass is 16.6. The number of nitrogens with one attached hydrogen (secondary N) is 4. The first-order chi connectivity index (χ1) is 55.7. The number of pyridine rings is 3. The van der Waals surface area contributed by atoms with Crippen LogP contribution in [-0.2, 0) is 57.9 Å². The Morgan fingerprint density at radius 1 is 0.383 bits per heavy atom. The number of anilines is 3. The van der Waals surface area contributed by atoms with E-state index in [1.807, 2.05) is 181 Å². The number of aromatic nitrogens is 3. The molecule has 0 aliphatic carbocycles. The first-order valence-corrected chi connectivity index (χ1v) is 38.0. The predicted octanol–water partition coefficient (Wildman–Crippen LogP) is 19.4. The van der Waals surface area contributed by atoms with Crippen molar-refractivity contribution in [2.24, 2.45) is 5.73 Å². The molecule has 0 spiro atoms. The molecule has 0 fully saturated rings. The number of nitrogens with two attached hydrogens (primary N) is 2. The van der Waals surface area contributed by atoms with Gasteiger partial charge in [0.1, 0.15) is 31.0 Å². The molecule has 3 aromatic heterocycles. The van der Waals surface area contributed by atoms with Gasteiger partial charge in [0, 0.05) is 90.0 Å². The Morgan fingerprint density at radius 3 is 1.03 bits per heavy atom. The molecule has 120 heavy (non-hydrogen) atoms. The number of ether oxygens (including phenoxy) is 5. The van der Waals surface area contributed by atoms with Gasteiger partial charge in [0.15, 0.2) is 0 Å². The summed E-state index contributed by atoms with van der Waals surface area (Å²) in [5.41, 5.74) is 24.1. The van der Waals surface area contributed by atoms with Crippen molar-refractivity contribution in [3.63, 3.8) is 0 Å². The van der Waals surface area contributed by atoms with E-state index in [1.165, 1.54) is 0 Å². The summed E-state index contributed by atoms with van der Waals surface area (Å²) < 4.78 is 26.9. The summed E-state index contributed by atoms with van der Waals surface area (Å²) >= 11 is 0. The summed E-state index contributed by atoms with van der Waals surface area (Å²) in [4.78, 5) is 112. The molecule has 0 aliphatic rings. The first-order valence-electron chi connectivity index (χ1n) is 38.0. The van der Waals surface area contributed by atoms with Crippen molar-refractivity contribution in [1.29, 1.82) is 0 Å². The normalized spacial score (nSPS) is 11.4. The average Bonchev–Trinajstić information content (AvgIpc) is 0.810. The highest BCUT2D eigenvalue weighted by Gasteiger charge is 2.27. The monoisotopic (exact) mass is 1630 g/mol. The van der Waals surface area contributed by atoms with Gasteiger partial charge >= 0.3 is 36.1 Å². The Kier molecular flexibility index (Phi) is 35.4. The Hall–Kier alpha value is -13.7. The minimum Gasteiger partial charge on any atom is -0.481 e. The number of hydrogen-bond acceptors (Lipinski definition) is 18. The fourth-order valence-corrected chi connectivity index (χ4v) is 12.3. The molecule has 0 aliphatic heterocycles. The molecular formula is C97H111N9O14. The summed E-state index contributed by atoms with van der Waals surface area (Å²) in [7, 11) is 0. The molecule has 0 bridgehead atoms. The first kappa shape index (κ1) is 95.2. The van der Waals surface area contributed by atoms with Crippen LogP contribution in [0.2, 0.25) is 0 Å². The summed E-state index contributed by atoms with van der Waals surface area (Å²) in [6.45, 7) is 22.5. The van der Waals surface area contributed by atoms with E-state index in [1.54, 1.807) is 139 Å². The summed E-state index contributed by atoms with van der Waals surface area (Å²) in [5.74, 6) is -4.82. The maximum absolute atomic E-state index is 13.5. The zero-order valence-electron chi connectivity index (χ0n) is 67.7. The van der Waals surface area contributed by atoms with Crippen LogP contribution in [-0.4, -0.2) is 98.8 Å². The van der Waals surface area contributed by atoms with E-state index in [2.05, 4.69) is 36.2 Å². The number of nitrogens with zero attached hydrogens (tertiary/aromatic N) is 3. The number of aliphatic carboxylic acids is 1. The second kappa shape index (κ2) is 44.6. The minimum absolute atomic E-state index is 0. The van der Waals surface area contributed by atoms with Crippen molar-refractivity contribution in [2.45, 2.75) is 154 Å². The van der Waals surface area contributed by atoms with Gasteiger partial charge in [0.25, 0.3) is 0 Å². The number of esters is 3. The number of carbonyl (C=O) groups is 8. The molecule has 23 heteroatoms. The fourth-order valence-electron chi connectivity index (χ4n) is 12.3. The number of carboxylic acids is 1. The van der Waals surface area contributed by atoms with Gasteiger partial charge in [-0.05, 0) is 222 Å². The zero-order chi connectivity index (χ0) is 84.5. The molecular weight excluding hydrogens is 1520 g/mol. The van der Waals surface area contributed by atoms with E-state index in [0.29, 0.717) is 39.2 Å². The van der Waals surface area contributed by atoms with E-state index >= 15 is 0 Å². The molecule has 23 nitrogen and oxygen atoms in total. The lowest BCUT2D eigenvalue weighted by Gasteiger charge is -2.22. The van der Waals surface area contributed by atoms with E-state index in [0.717, 1.165) is 93.6 Å². The van der Waals surface area contributed by atoms with E-state index in [4.69, 9.17) is 35.2 Å². The lowest BCUT2D eigenvalue weighted by atomic mass is 9.96. The van der Waals surface area contributed by atoms with Crippen LogP contribution < -0.4 is 32.7 Å². The molecule has 4 amide bonds. The van der Waals surface area contributed by atoms with Crippen molar-refractivity contribution >= 4 is 97.3 Å². The molecule has 9 aromatic carbocycles. The number of nitrogen functional groups attached to an aromatic ring is 1. The molecule has 12 aromatic rings. The average molecular weight is 1630 g/mol. The van der Waals surface area contributed by atoms with Gasteiger partial charge in [-0.3, -0.25) is 29.3 Å². The van der Waals surface area contributed by atoms with Crippen LogP contribution in [0.1, 0.15) is 179 Å². The van der Waals surface area contributed by atoms with Gasteiger partial charge in [-0.15, -0.1) is 0 Å². The van der Waals surface area contributed by atoms with Gasteiger partial charge in [0.05, 0.1) is 34.4 Å². The molecule has 0 unspecified atom stereocenters. The summed E-state index contributed by atoms with van der Waals surface area (Å²) in [6.07, 6.45) is 9.27. The van der Waals surface area contributed by atoms with Gasteiger partial charge in [-0.2, -0.15) is 0 Å². The smallest absolute Gasteiger partial charge is 0.407 e. The Bertz CT molecular complexity index is 5510. The summed E-state index contributed by atoms with van der Waals surface area (Å²) in [5, 5.41) is 26.8. The predicted molar refractivity (Wildman–Crippen MR) is 475 cm³/mol. The van der Waals surface area contributed by atoms with Crippen molar-refractivity contribution in [3.05, 3.63) is 321 Å². The van der Waals surface area contributed by atoms with Crippen LogP contribution in [0, 0.1) is 41.5 Å². The summed E-state index contributed by atoms with van der Waals surface area (Å²) in [6, 6.07) is 60.8. The van der Waals surface area contributed by atoms with Gasteiger partial charge in [0.2, 0.25) is 11.8 Å². The van der Waals surface area contributed by atoms with Crippen molar-refractivity contribution in [1.82, 2.24) is 25.6 Å². The third-order valence-corrected chi connectivity index (χ3v) is 18.4. The molecule has 3 heterocycles. The fraction of sp³-hybridized carbons (Fsp3) is 0.268. The molecule has 12 rings (SSSR count). The maximum Gasteiger partial charge on any atom is 0.407 e. The molecule has 0 saturated carbocycles. The second-order valence-corrected chi connectivity index (χ2v) is 30.2. The van der Waals surface area contributed by atoms with Crippen molar-refractivity contribution < 1.29 is 67.1 Å². The second-order valence-electron chi connectivity index (χ2n) is 30.2. The number of benzene rings is 9. The zero-order valence-corrected chi connectivity index (χ0v) is 67.7. The Morgan fingerprint density at radius 2 is 0.700 bits per heavy atom. The van der Waals surface area contributed by atoms with E-state index in [-0.39, 0.29) is 79.5 Å². The van der Waals surface area contributed by atoms with Crippen LogP contribution in [0.4, 0.5) is 26.7 Å². The number of hydrogen-bond donors (Lipinski definition) is 7. The van der Waals surface area contributed by atoms with Crippen LogP contribution >= 0.6 is 0 Å². The maximum atomic E-state index is 13.5. The largest absolute Gasteiger partial charge is 0.481 e. The minimum atomic E-state index is -1.06. The molecule has 9 N–H and O–H groups in total. The Balaban J connectivity index is 0.000000260. The third-order valence-electron chi connectivity index (χ3n) is 18.4. The highest BCUT2D eigenvalue weighted by molar-refractivity contribution is 6.00. The van der Waals surface area contributed by atoms with Crippen LogP contribution in [0.5, 0.6) is 0 Å². The lowest BCUT2D eigenvalue weighted by Crippen LogP contribution is -2.37. The van der Waals surface area contributed by atoms with Crippen molar-refractivity contribution in [3.8, 4) is 0 Å². The number of carbonyl (C=O) groups excluding carboxylic acids is 7. The number of rotatable bonds is 22. The van der Waals surface area contributed by atoms with Gasteiger partial charge in [-0.25, -0.2) is 24.0 Å². The molecule has 0 saturated heterocycles. The van der Waals surface area contributed by atoms with Crippen LogP contribution in [0.3, 0.4) is 0 Å². The van der Waals surface area contributed by atoms with Crippen LogP contribution in [0.25, 0.3) is 32.3 Å². The van der Waals surface area contributed by atoms with E-state index < -0.39 is 59.1 Å². The number of carboxylic acid groups (broad SMARTS) is 1. The third kappa shape index (κ3) is 28.9. The molecule has 628 valence electrons. The standard InChI is InChI=1S/C33H35N3O5.C28H27N3O3.C24H29NO6.C9H8N2.3CH4/c1-21-6-13-28(22(2)16-21)31(38)40-20-23-7-9-24(10-8-23)29(19-35-32(39)41-33(3,4)5)30(37)36-27-12-11-26-18-34-15-14-25(26)17-27;1-18-3-10-25(19(2)13-18)28(33)34-17-20-4-6-21(7-5-20)26(15-29)27(32)31-24-9-8-23-16-30-12-11-22(23)14-24;1-15-6-11-19(16(2)12-15)22(28)30-14-17-7-9-18(10-8-17)20(21(26)27)13-25-23(29)31-24(3,4)5;10-9-2-1-8-6-11-4-3-7(8)5-9;;;/h6-18,29H,19-20H2,1-5H3,(H,35,39)(H,36,37);3-14,16,26H,15,17,29H2,1-2H3,(H,31,32);6-12,20H,13-14H2,1-5H3,(H,25,29)(H,26,27);1-6H,10H2;3*1H4/t29-;26-;20-;;;;/m000..../s1. The lowest BCUT2D eigenvalue weighted by molar-refractivity contribution is -0.138. The van der Waals surface area contributed by atoms with Crippen molar-refractivity contribution in [2.75, 3.05) is 36.0 Å². The number of amides is 4. The quantitative estimate of drug-likeness (QED) is 0.0188. The highest BCUT2D eigenvalue weighted by Crippen LogP contribution is 2.27. The SMILES string of the molecule is C.C.C.Cc1ccc(C(=O)OCc2ccc([C@H](CN)C(=O)Nc3ccc4cnccc4c3)cc2)c(C)c1.Cc1ccc(C(=O)OCc2ccc([C@H](CNC(=O)OC(C)(C)C)C(=O)Nc3ccc4cnccc4c3)cc2)c(C)c1.Cc1ccc(C(=O)OCc2ccc([C@H](CNC(=O)OC(C)(C)C)C(=O)O)cc2)c(C)c1.Nc1ccc2cnccc2c1. The Labute approximate surface area is 703 Å². The molecule has 3 atom stereocenters. The number of alkyl carbamates (subject to hydrolysis) is 2. The number of fused-ring (bicyclic) bond motifs is 3. The van der Waals surface area contributed by atoms with Crippen LogP contribution in [0.15, 0.2) is 237 Å². The topological polar surface area (TPSA) is 342 Å². The molecule has 0 radical (unpaired) electrons. The van der Waals surface area contributed by atoms with Gasteiger partial charge < -0.3 is 61.5 Å². The number of aryl methyl sites for hydroxylation is 6.